The summed E-state index contributed by atoms with van der Waals surface area (Å²) >= 11 is 0. The third-order valence-electron chi connectivity index (χ3n) is 5.80. The number of esters is 2. The molecule has 186 valence electrons. The maximum absolute atomic E-state index is 12.8. The Balaban J connectivity index is 1.81. The summed E-state index contributed by atoms with van der Waals surface area (Å²) in [6.45, 7) is 8.07. The van der Waals surface area contributed by atoms with E-state index in [2.05, 4.69) is 25.3 Å². The summed E-state index contributed by atoms with van der Waals surface area (Å²) in [7, 11) is 0. The lowest BCUT2D eigenvalue weighted by Gasteiger charge is -2.11. The van der Waals surface area contributed by atoms with Crippen LogP contribution in [0.5, 0.6) is 0 Å². The molecule has 3 rings (SSSR count). The predicted molar refractivity (Wildman–Crippen MR) is 146 cm³/mol. The maximum atomic E-state index is 12.8. The molecule has 0 saturated heterocycles. The number of carbonyl (C=O) groups excluding carboxylic acids is 2. The molecule has 0 aliphatic rings. The number of hydrogen-bond acceptors (Lipinski definition) is 4. The minimum atomic E-state index is -0.448. The van der Waals surface area contributed by atoms with E-state index in [1.165, 1.54) is 0 Å². The first kappa shape index (κ1) is 26.7. The average molecular weight is 483 g/mol. The fourth-order valence-electron chi connectivity index (χ4n) is 3.79. The van der Waals surface area contributed by atoms with Gasteiger partial charge in [0.15, 0.2) is 0 Å². The molecule has 0 N–H and O–H groups in total. The van der Waals surface area contributed by atoms with E-state index in [-0.39, 0.29) is 0 Å². The van der Waals surface area contributed by atoms with Gasteiger partial charge in [-0.05, 0) is 79.0 Å². The van der Waals surface area contributed by atoms with Crippen molar-refractivity contribution in [2.75, 3.05) is 13.2 Å². The first-order chi connectivity index (χ1) is 17.6. The number of rotatable bonds is 14. The van der Waals surface area contributed by atoms with Crippen LogP contribution in [0.3, 0.4) is 0 Å². The maximum Gasteiger partial charge on any atom is 0.338 e. The number of carbonyl (C=O) groups is 2. The van der Waals surface area contributed by atoms with Crippen molar-refractivity contribution < 1.29 is 19.1 Å². The monoisotopic (exact) mass is 482 g/mol. The van der Waals surface area contributed by atoms with Gasteiger partial charge in [-0.1, -0.05) is 66.7 Å². The van der Waals surface area contributed by atoms with Crippen LogP contribution in [0.15, 0.2) is 98.1 Å². The van der Waals surface area contributed by atoms with Gasteiger partial charge in [-0.2, -0.15) is 0 Å². The van der Waals surface area contributed by atoms with Gasteiger partial charge in [0, 0.05) is 0 Å². The number of unbranched alkanes of at least 4 members (excludes halogenated alkanes) is 4. The molecular formula is C32H34O4. The van der Waals surface area contributed by atoms with Crippen molar-refractivity contribution >= 4 is 11.9 Å². The van der Waals surface area contributed by atoms with Crippen molar-refractivity contribution in [3.05, 3.63) is 109 Å². The predicted octanol–water partition coefficient (Wildman–Crippen LogP) is 8.05. The molecule has 3 aromatic carbocycles. The van der Waals surface area contributed by atoms with Gasteiger partial charge in [-0.25, -0.2) is 9.59 Å². The highest BCUT2D eigenvalue weighted by Gasteiger charge is 2.16. The van der Waals surface area contributed by atoms with E-state index in [1.54, 1.807) is 18.2 Å². The summed E-state index contributed by atoms with van der Waals surface area (Å²) in [4.78, 5) is 25.6. The van der Waals surface area contributed by atoms with Gasteiger partial charge in [0.1, 0.15) is 0 Å². The summed E-state index contributed by atoms with van der Waals surface area (Å²) in [5, 5.41) is 0. The molecule has 0 unspecified atom stereocenters. The third kappa shape index (κ3) is 8.09. The van der Waals surface area contributed by atoms with Gasteiger partial charge in [0.05, 0.1) is 24.3 Å². The molecule has 36 heavy (non-hydrogen) atoms. The van der Waals surface area contributed by atoms with Crippen molar-refractivity contribution in [1.82, 2.24) is 0 Å². The molecule has 0 spiro atoms. The number of ether oxygens (including phenoxy) is 2. The van der Waals surface area contributed by atoms with Crippen molar-refractivity contribution in [1.29, 1.82) is 0 Å². The van der Waals surface area contributed by atoms with Crippen LogP contribution >= 0.6 is 0 Å². The van der Waals surface area contributed by atoms with Crippen LogP contribution in [0.25, 0.3) is 22.3 Å². The van der Waals surface area contributed by atoms with Crippen molar-refractivity contribution in [2.24, 2.45) is 0 Å². The topological polar surface area (TPSA) is 52.6 Å². The molecule has 0 saturated carbocycles. The Morgan fingerprint density at radius 2 is 1.03 bits per heavy atom. The number of hydrogen-bond donors (Lipinski definition) is 0. The summed E-state index contributed by atoms with van der Waals surface area (Å²) in [5.41, 5.74) is 4.54. The first-order valence-electron chi connectivity index (χ1n) is 12.5. The summed E-state index contributed by atoms with van der Waals surface area (Å²) in [6.07, 6.45) is 8.81. The molecule has 0 bridgehead atoms. The number of allylic oxidation sites excluding steroid dienone is 2. The van der Waals surface area contributed by atoms with Crippen LogP contribution in [0.2, 0.25) is 0 Å². The van der Waals surface area contributed by atoms with Gasteiger partial charge < -0.3 is 9.47 Å². The van der Waals surface area contributed by atoms with E-state index in [4.69, 9.17) is 9.47 Å². The molecule has 0 fully saturated rings. The summed E-state index contributed by atoms with van der Waals surface area (Å²) < 4.78 is 10.9. The van der Waals surface area contributed by atoms with Gasteiger partial charge in [0.25, 0.3) is 0 Å². The van der Waals surface area contributed by atoms with Gasteiger partial charge in [-0.15, -0.1) is 13.2 Å². The standard InChI is InChI=1S/C32H34O4/c1-3-5-7-12-20-35-31(33)29-22-28(23-30(24-29)32(34)36-21-13-8-6-4-2)27-18-16-26(17-19-27)25-14-10-9-11-15-25/h3-4,9-11,14-19,22-24H,1-2,5-8,12-13,20-21H2. The second-order valence-corrected chi connectivity index (χ2v) is 8.58. The van der Waals surface area contributed by atoms with Crippen LogP contribution in [0.4, 0.5) is 0 Å². The average Bonchev–Trinajstić information content (AvgIpc) is 2.93. The second-order valence-electron chi connectivity index (χ2n) is 8.58. The minimum Gasteiger partial charge on any atom is -0.462 e. The summed E-state index contributed by atoms with van der Waals surface area (Å²) in [6, 6.07) is 23.3. The molecule has 0 amide bonds. The quantitative estimate of drug-likeness (QED) is 0.132. The van der Waals surface area contributed by atoms with Crippen molar-refractivity contribution in [2.45, 2.75) is 38.5 Å². The lowest BCUT2D eigenvalue weighted by molar-refractivity contribution is 0.0497. The van der Waals surface area contributed by atoms with E-state index >= 15 is 0 Å². The Morgan fingerprint density at radius 1 is 0.583 bits per heavy atom. The molecule has 0 aromatic heterocycles. The number of benzene rings is 3. The highest BCUT2D eigenvalue weighted by Crippen LogP contribution is 2.27. The summed E-state index contributed by atoms with van der Waals surface area (Å²) in [5.74, 6) is -0.896. The van der Waals surface area contributed by atoms with Crippen LogP contribution < -0.4 is 0 Å². The Morgan fingerprint density at radius 3 is 1.50 bits per heavy atom. The van der Waals surface area contributed by atoms with E-state index in [0.717, 1.165) is 60.8 Å². The smallest absolute Gasteiger partial charge is 0.338 e. The molecule has 0 radical (unpaired) electrons. The SMILES string of the molecule is C=CCCCCOC(=O)c1cc(C(=O)OCCCCC=C)cc(-c2ccc(-c3ccccc3)cc2)c1. The zero-order chi connectivity index (χ0) is 25.6. The van der Waals surface area contributed by atoms with Crippen LogP contribution in [-0.4, -0.2) is 25.2 Å². The normalized spacial score (nSPS) is 10.4. The van der Waals surface area contributed by atoms with E-state index in [0.29, 0.717) is 24.3 Å². The Bertz CT molecular complexity index is 1100. The first-order valence-corrected chi connectivity index (χ1v) is 12.5. The largest absolute Gasteiger partial charge is 0.462 e. The minimum absolute atomic E-state index is 0.325. The lowest BCUT2D eigenvalue weighted by Crippen LogP contribution is -2.11. The van der Waals surface area contributed by atoms with E-state index < -0.39 is 11.9 Å². The lowest BCUT2D eigenvalue weighted by atomic mass is 9.97. The van der Waals surface area contributed by atoms with Crippen molar-refractivity contribution in [3.8, 4) is 22.3 Å². The van der Waals surface area contributed by atoms with Crippen LogP contribution in [0, 0.1) is 0 Å². The van der Waals surface area contributed by atoms with Crippen molar-refractivity contribution in [3.63, 3.8) is 0 Å². The molecule has 4 nitrogen and oxygen atoms in total. The molecule has 4 heteroatoms. The fourth-order valence-corrected chi connectivity index (χ4v) is 3.79. The van der Waals surface area contributed by atoms with E-state index in [9.17, 15) is 9.59 Å². The van der Waals surface area contributed by atoms with E-state index in [1.807, 2.05) is 54.6 Å². The van der Waals surface area contributed by atoms with Gasteiger partial charge >= 0.3 is 11.9 Å². The highest BCUT2D eigenvalue weighted by molar-refractivity contribution is 5.97. The zero-order valence-corrected chi connectivity index (χ0v) is 20.8. The zero-order valence-electron chi connectivity index (χ0n) is 20.8. The molecule has 0 heterocycles. The van der Waals surface area contributed by atoms with Gasteiger partial charge in [0.2, 0.25) is 0 Å². The molecule has 0 aliphatic heterocycles. The molecule has 0 aliphatic carbocycles. The third-order valence-corrected chi connectivity index (χ3v) is 5.80. The van der Waals surface area contributed by atoms with Gasteiger partial charge in [-0.3, -0.25) is 0 Å². The second kappa shape index (κ2) is 14.5. The Labute approximate surface area is 214 Å². The van der Waals surface area contributed by atoms with Crippen LogP contribution in [0.1, 0.15) is 59.2 Å². The fraction of sp³-hybridized carbons (Fsp3) is 0.250. The Hall–Kier alpha value is -3.92. The molecule has 3 aromatic rings. The molecular weight excluding hydrogens is 448 g/mol. The van der Waals surface area contributed by atoms with Crippen LogP contribution in [-0.2, 0) is 9.47 Å². The highest BCUT2D eigenvalue weighted by atomic mass is 16.5. The Kier molecular flexibility index (Phi) is 10.7. The molecule has 0 atom stereocenters.